The van der Waals surface area contributed by atoms with Gasteiger partial charge in [-0.15, -0.1) is 11.8 Å². The molecule has 1 amide bonds. The number of aryl methyl sites for hydroxylation is 2. The van der Waals surface area contributed by atoms with Gasteiger partial charge in [0.25, 0.3) is 11.7 Å². The Morgan fingerprint density at radius 2 is 2.24 bits per heavy atom. The molecule has 1 saturated heterocycles. The van der Waals surface area contributed by atoms with Crippen molar-refractivity contribution in [1.82, 2.24) is 24.1 Å². The number of rotatable bonds is 2. The molecule has 1 unspecified atom stereocenters. The van der Waals surface area contributed by atoms with Crippen LogP contribution in [-0.2, 0) is 22.6 Å². The number of fused-ring (bicyclic) bond motifs is 4. The summed E-state index contributed by atoms with van der Waals surface area (Å²) >= 11 is 1.33. The van der Waals surface area contributed by atoms with Crippen molar-refractivity contribution >= 4 is 35.5 Å². The molecule has 8 nitrogen and oxygen atoms in total. The minimum Gasteiger partial charge on any atom is -1.00 e. The molecule has 5 heterocycles. The zero-order valence-electron chi connectivity index (χ0n) is 14.5. The van der Waals surface area contributed by atoms with Gasteiger partial charge in [0.05, 0.1) is 17.5 Å². The second-order valence-electron chi connectivity index (χ2n) is 5.99. The summed E-state index contributed by atoms with van der Waals surface area (Å²) in [7, 11) is 0. The van der Waals surface area contributed by atoms with Gasteiger partial charge in [-0.25, -0.2) is 14.3 Å². The van der Waals surface area contributed by atoms with E-state index in [1.54, 1.807) is 6.08 Å². The van der Waals surface area contributed by atoms with Crippen molar-refractivity contribution in [2.45, 2.75) is 31.2 Å². The number of imidazole rings is 1. The monoisotopic (exact) mass is 367 g/mol. The van der Waals surface area contributed by atoms with Crippen LogP contribution in [0.5, 0.6) is 0 Å². The summed E-state index contributed by atoms with van der Waals surface area (Å²) in [5.74, 6) is 0.348. The predicted molar refractivity (Wildman–Crippen MR) is 86.9 cm³/mol. The largest absolute Gasteiger partial charge is 1.00 e. The molecule has 3 aliphatic rings. The zero-order chi connectivity index (χ0) is 16.4. The normalized spacial score (nSPS) is 23.1. The van der Waals surface area contributed by atoms with Crippen LogP contribution in [0.15, 0.2) is 22.9 Å². The molecule has 2 aromatic heterocycles. The summed E-state index contributed by atoms with van der Waals surface area (Å²) in [6.07, 6.45) is 6.86. The molecule has 0 spiro atoms. The van der Waals surface area contributed by atoms with Gasteiger partial charge in [-0.3, -0.25) is 14.4 Å². The van der Waals surface area contributed by atoms with Crippen LogP contribution in [0.25, 0.3) is 11.9 Å². The number of carboxylic acids is 1. The third-order valence-electron chi connectivity index (χ3n) is 4.55. The summed E-state index contributed by atoms with van der Waals surface area (Å²) in [5.41, 5.74) is 1.29. The van der Waals surface area contributed by atoms with Crippen LogP contribution in [0, 0.1) is 0 Å². The number of aliphatic carboxylic acids is 1. The zero-order valence-corrected chi connectivity index (χ0v) is 16.4. The summed E-state index contributed by atoms with van der Waals surface area (Å²) < 4.78 is 4.06. The molecule has 25 heavy (non-hydrogen) atoms. The van der Waals surface area contributed by atoms with Gasteiger partial charge >= 0.3 is 35.5 Å². The minimum absolute atomic E-state index is 0. The van der Waals surface area contributed by atoms with E-state index in [0.717, 1.165) is 31.6 Å². The van der Waals surface area contributed by atoms with Crippen LogP contribution in [0.2, 0.25) is 0 Å². The summed E-state index contributed by atoms with van der Waals surface area (Å²) in [6, 6.07) is 0. The summed E-state index contributed by atoms with van der Waals surface area (Å²) in [5, 5.41) is 10.3. The molecular formula is C15H14N5NaO3S. The summed E-state index contributed by atoms with van der Waals surface area (Å²) in [6.45, 7) is 0.926. The Kier molecular flexibility index (Phi) is 4.06. The van der Waals surface area contributed by atoms with E-state index in [1.807, 2.05) is 10.7 Å². The second kappa shape index (κ2) is 6.01. The molecule has 0 aliphatic carbocycles. The molecule has 0 saturated carbocycles. The van der Waals surface area contributed by atoms with Gasteiger partial charge in [0.1, 0.15) is 16.9 Å². The first kappa shape index (κ1) is 16.9. The van der Waals surface area contributed by atoms with Crippen molar-refractivity contribution in [3.63, 3.8) is 0 Å². The average molecular weight is 367 g/mol. The number of carbonyl (C=O) groups excluding carboxylic acids is 1. The fraction of sp³-hybridized carbons (Fsp3) is 0.333. The third-order valence-corrected chi connectivity index (χ3v) is 5.63. The molecule has 5 rings (SSSR count). The van der Waals surface area contributed by atoms with E-state index in [-0.39, 0.29) is 48.0 Å². The van der Waals surface area contributed by atoms with Gasteiger partial charge in [0.15, 0.2) is 0 Å². The molecule has 2 aromatic rings. The van der Waals surface area contributed by atoms with Crippen LogP contribution in [0.1, 0.15) is 25.8 Å². The molecular weight excluding hydrogens is 353 g/mol. The number of aromatic nitrogens is 4. The van der Waals surface area contributed by atoms with E-state index in [4.69, 9.17) is 5.11 Å². The van der Waals surface area contributed by atoms with Crippen molar-refractivity contribution in [2.24, 2.45) is 0 Å². The first-order valence-corrected chi connectivity index (χ1v) is 8.66. The van der Waals surface area contributed by atoms with Gasteiger partial charge in [0.2, 0.25) is 0 Å². The number of carbonyl (C=O) groups is 2. The number of carboxylic acid groups (broad SMARTS) is 1. The minimum atomic E-state index is -1.08. The van der Waals surface area contributed by atoms with E-state index in [1.165, 1.54) is 22.1 Å². The van der Waals surface area contributed by atoms with E-state index >= 15 is 0 Å². The fourth-order valence-corrected chi connectivity index (χ4v) is 4.51. The van der Waals surface area contributed by atoms with E-state index < -0.39 is 5.97 Å². The van der Waals surface area contributed by atoms with Gasteiger partial charge in [-0.2, -0.15) is 4.98 Å². The Balaban J connectivity index is 0.000000980. The number of hydrogen-bond acceptors (Lipinski definition) is 5. The Morgan fingerprint density at radius 1 is 1.40 bits per heavy atom. The van der Waals surface area contributed by atoms with Crippen molar-refractivity contribution in [3.05, 3.63) is 34.4 Å². The van der Waals surface area contributed by atoms with Crippen molar-refractivity contribution in [3.8, 4) is 0 Å². The van der Waals surface area contributed by atoms with Gasteiger partial charge in [-0.1, -0.05) is 0 Å². The molecule has 1 N–H and O–H groups in total. The maximum absolute atomic E-state index is 12.2. The maximum atomic E-state index is 12.2. The van der Waals surface area contributed by atoms with Crippen molar-refractivity contribution in [1.29, 1.82) is 0 Å². The molecule has 0 aromatic carbocycles. The summed E-state index contributed by atoms with van der Waals surface area (Å²) in [4.78, 5) is 33.7. The van der Waals surface area contributed by atoms with Crippen LogP contribution in [0.4, 0.5) is 0 Å². The maximum Gasteiger partial charge on any atom is 1.00 e. The number of nitrogens with zero attached hydrogens (tertiary/aromatic N) is 5. The molecule has 0 radical (unpaired) electrons. The van der Waals surface area contributed by atoms with Gasteiger partial charge in [-0.05, 0) is 18.9 Å². The van der Waals surface area contributed by atoms with E-state index in [9.17, 15) is 9.59 Å². The fourth-order valence-electron chi connectivity index (χ4n) is 3.39. The van der Waals surface area contributed by atoms with Gasteiger partial charge < -0.3 is 6.53 Å². The first-order chi connectivity index (χ1) is 11.6. The Bertz CT molecular complexity index is 981. The van der Waals surface area contributed by atoms with Crippen LogP contribution in [-0.4, -0.2) is 46.4 Å². The van der Waals surface area contributed by atoms with Crippen molar-refractivity contribution in [2.75, 3.05) is 0 Å². The molecule has 3 aliphatic heterocycles. The SMILES string of the molecule is O=C(O)C1=CSC2/C(=C\c3cn4c(n3)nc3n4CCCC3)C(=O)N12.[H-].[Na+]. The van der Waals surface area contributed by atoms with E-state index in [0.29, 0.717) is 17.0 Å². The number of β-lactam (4-membered cyclic amide) rings is 1. The number of hydrogen-bond donors (Lipinski definition) is 1. The number of amides is 1. The van der Waals surface area contributed by atoms with Crippen LogP contribution >= 0.6 is 11.8 Å². The molecule has 1 atom stereocenters. The predicted octanol–water partition coefficient (Wildman–Crippen LogP) is -1.79. The smallest absolute Gasteiger partial charge is 1.00 e. The van der Waals surface area contributed by atoms with E-state index in [2.05, 4.69) is 14.6 Å². The first-order valence-electron chi connectivity index (χ1n) is 7.72. The Labute approximate surface area is 170 Å². The molecule has 124 valence electrons. The quantitative estimate of drug-likeness (QED) is 0.383. The van der Waals surface area contributed by atoms with Crippen LogP contribution in [0.3, 0.4) is 0 Å². The van der Waals surface area contributed by atoms with Gasteiger partial charge in [0, 0.05) is 18.4 Å². The Hall–Kier alpha value is -1.55. The molecule has 10 heteroatoms. The Morgan fingerprint density at radius 3 is 3.04 bits per heavy atom. The van der Waals surface area contributed by atoms with Crippen LogP contribution < -0.4 is 29.6 Å². The standard InChI is InChI=1S/C15H13N5O3S.Na.H/c21-12-9(13-20(12)10(7-24-13)14(22)23)5-8-6-19-15(16-8)17-11-3-1-2-4-18(11)19;;/h5-7,13H,1-4H2,(H,22,23);;/q;+1;-1/b9-5-;;. The topological polar surface area (TPSA) is 92.7 Å². The van der Waals surface area contributed by atoms with Crippen molar-refractivity contribution < 1.29 is 45.7 Å². The average Bonchev–Trinajstić information content (AvgIpc) is 3.22. The molecule has 1 fully saturated rings. The second-order valence-corrected chi connectivity index (χ2v) is 6.94. The third kappa shape index (κ3) is 2.41. The number of thioether (sulfide) groups is 1. The molecule has 0 bridgehead atoms.